The lowest BCUT2D eigenvalue weighted by Gasteiger charge is -2.10. The summed E-state index contributed by atoms with van der Waals surface area (Å²) in [4.78, 5) is 23.1. The Morgan fingerprint density at radius 2 is 1.90 bits per heavy atom. The fourth-order valence-corrected chi connectivity index (χ4v) is 6.09. The molecule has 0 fully saturated rings. The van der Waals surface area contributed by atoms with Crippen molar-refractivity contribution in [3.63, 3.8) is 0 Å². The van der Waals surface area contributed by atoms with Crippen LogP contribution in [0, 0.1) is 0 Å². The third-order valence-corrected chi connectivity index (χ3v) is 8.09. The van der Waals surface area contributed by atoms with Crippen molar-refractivity contribution in [3.8, 4) is 22.5 Å². The molecule has 0 spiro atoms. The van der Waals surface area contributed by atoms with Crippen molar-refractivity contribution in [1.29, 1.82) is 0 Å². The van der Waals surface area contributed by atoms with Gasteiger partial charge in [-0.15, -0.1) is 11.3 Å². The minimum absolute atomic E-state index is 0.0557. The molecular formula is C32H27N7OS. The molecule has 2 aromatic carbocycles. The number of hydrogen-bond acceptors (Lipinski definition) is 7. The Bertz CT molecular complexity index is 1880. The van der Waals surface area contributed by atoms with Crippen LogP contribution in [0.1, 0.15) is 16.0 Å². The van der Waals surface area contributed by atoms with E-state index in [-0.39, 0.29) is 11.9 Å². The van der Waals surface area contributed by atoms with Gasteiger partial charge in [-0.25, -0.2) is 14.5 Å². The predicted octanol–water partition coefficient (Wildman–Crippen LogP) is 5.87. The molecule has 202 valence electrons. The summed E-state index contributed by atoms with van der Waals surface area (Å²) in [6.07, 6.45) is 5.81. The van der Waals surface area contributed by atoms with Crippen molar-refractivity contribution in [3.05, 3.63) is 113 Å². The lowest BCUT2D eigenvalue weighted by atomic mass is 10.0. The van der Waals surface area contributed by atoms with E-state index in [1.54, 1.807) is 17.5 Å². The smallest absolute Gasteiger partial charge is 0.229 e. The van der Waals surface area contributed by atoms with Crippen LogP contribution >= 0.6 is 11.3 Å². The summed E-state index contributed by atoms with van der Waals surface area (Å²) in [5, 5.41) is 13.3. The number of amides is 1. The van der Waals surface area contributed by atoms with Crippen molar-refractivity contribution < 1.29 is 4.79 Å². The van der Waals surface area contributed by atoms with Gasteiger partial charge < -0.3 is 16.4 Å². The third-order valence-electron chi connectivity index (χ3n) is 7.21. The van der Waals surface area contributed by atoms with Crippen LogP contribution in [-0.2, 0) is 24.1 Å². The van der Waals surface area contributed by atoms with Gasteiger partial charge in [-0.1, -0.05) is 30.3 Å². The maximum atomic E-state index is 12.7. The number of benzene rings is 2. The highest BCUT2D eigenvalue weighted by molar-refractivity contribution is 7.10. The quantitative estimate of drug-likeness (QED) is 0.226. The van der Waals surface area contributed by atoms with Crippen molar-refractivity contribution in [2.45, 2.75) is 25.3 Å². The summed E-state index contributed by atoms with van der Waals surface area (Å²) >= 11 is 1.57. The van der Waals surface area contributed by atoms with E-state index in [0.29, 0.717) is 18.1 Å². The van der Waals surface area contributed by atoms with E-state index < -0.39 is 0 Å². The number of fused-ring (bicyclic) bond motifs is 2. The standard InChI is InChI=1S/C32H27N7OS/c33-23-15-20-9-10-25(18-22(20)16-23)36-32-34-12-11-27(37-32)30-28-8-1-2-13-39(28)38-31(30)21-5-3-6-24(17-21)35-29(40)19-26-7-4-14-41-26/h1-14,17-18,23H,15-16,19,33H2,(H,35,40)(H,34,36,37). The molecule has 9 heteroatoms. The summed E-state index contributed by atoms with van der Waals surface area (Å²) in [6.45, 7) is 0. The average molecular weight is 558 g/mol. The number of nitrogens with one attached hydrogen (secondary N) is 2. The van der Waals surface area contributed by atoms with Gasteiger partial charge in [-0.3, -0.25) is 4.79 Å². The van der Waals surface area contributed by atoms with Crippen LogP contribution in [0.2, 0.25) is 0 Å². The van der Waals surface area contributed by atoms with Gasteiger partial charge in [0.15, 0.2) is 0 Å². The molecule has 4 heterocycles. The summed E-state index contributed by atoms with van der Waals surface area (Å²) in [5.74, 6) is 0.445. The van der Waals surface area contributed by atoms with Gasteiger partial charge in [0.1, 0.15) is 5.69 Å². The lowest BCUT2D eigenvalue weighted by molar-refractivity contribution is -0.115. The maximum absolute atomic E-state index is 12.7. The summed E-state index contributed by atoms with van der Waals surface area (Å²) in [7, 11) is 0. The van der Waals surface area contributed by atoms with Gasteiger partial charge in [0.2, 0.25) is 11.9 Å². The van der Waals surface area contributed by atoms with E-state index in [0.717, 1.165) is 51.4 Å². The Hall–Kier alpha value is -4.86. The second-order valence-corrected chi connectivity index (χ2v) is 11.2. The molecule has 8 nitrogen and oxygen atoms in total. The maximum Gasteiger partial charge on any atom is 0.229 e. The number of nitrogens with two attached hydrogens (primary N) is 1. The Morgan fingerprint density at radius 1 is 0.976 bits per heavy atom. The lowest BCUT2D eigenvalue weighted by Crippen LogP contribution is -2.18. The first-order chi connectivity index (χ1) is 20.1. The number of nitrogens with zero attached hydrogens (tertiary/aromatic N) is 4. The van der Waals surface area contributed by atoms with Crippen molar-refractivity contribution in [2.24, 2.45) is 5.73 Å². The summed E-state index contributed by atoms with van der Waals surface area (Å²) in [5.41, 5.74) is 14.6. The largest absolute Gasteiger partial charge is 0.327 e. The molecule has 1 aliphatic carbocycles. The van der Waals surface area contributed by atoms with Gasteiger partial charge in [-0.05, 0) is 77.9 Å². The highest BCUT2D eigenvalue weighted by Gasteiger charge is 2.20. The van der Waals surface area contributed by atoms with Gasteiger partial charge in [-0.2, -0.15) is 5.10 Å². The Morgan fingerprint density at radius 3 is 2.80 bits per heavy atom. The molecule has 0 radical (unpaired) electrons. The Balaban J connectivity index is 1.22. The van der Waals surface area contributed by atoms with Crippen molar-refractivity contribution >= 4 is 40.1 Å². The highest BCUT2D eigenvalue weighted by atomic mass is 32.1. The zero-order valence-electron chi connectivity index (χ0n) is 22.1. The van der Waals surface area contributed by atoms with Crippen molar-refractivity contribution in [2.75, 3.05) is 10.6 Å². The minimum atomic E-state index is -0.0557. The van der Waals surface area contributed by atoms with Crippen LogP contribution < -0.4 is 16.4 Å². The number of pyridine rings is 1. The second kappa shape index (κ2) is 10.6. The molecule has 0 saturated heterocycles. The van der Waals surface area contributed by atoms with Crippen LogP contribution in [0.4, 0.5) is 17.3 Å². The molecule has 7 rings (SSSR count). The van der Waals surface area contributed by atoms with E-state index >= 15 is 0 Å². The number of carbonyl (C=O) groups is 1. The normalized spacial score (nSPS) is 14.2. The van der Waals surface area contributed by atoms with Crippen LogP contribution in [0.15, 0.2) is 96.6 Å². The Kier molecular flexibility index (Phi) is 6.50. The third kappa shape index (κ3) is 5.20. The zero-order chi connectivity index (χ0) is 27.8. The molecule has 0 bridgehead atoms. The molecule has 0 saturated carbocycles. The van der Waals surface area contributed by atoms with Crippen LogP contribution in [0.25, 0.3) is 28.0 Å². The number of thiophene rings is 1. The molecule has 1 aliphatic rings. The minimum Gasteiger partial charge on any atom is -0.327 e. The van der Waals surface area contributed by atoms with Crippen LogP contribution in [-0.4, -0.2) is 31.5 Å². The molecule has 41 heavy (non-hydrogen) atoms. The van der Waals surface area contributed by atoms with Gasteiger partial charge in [0.25, 0.3) is 0 Å². The number of aromatic nitrogens is 4. The van der Waals surface area contributed by atoms with Gasteiger partial charge in [0.05, 0.1) is 23.2 Å². The zero-order valence-corrected chi connectivity index (χ0v) is 22.9. The molecule has 1 atom stereocenters. The molecular weight excluding hydrogens is 530 g/mol. The first kappa shape index (κ1) is 25.1. The molecule has 0 aliphatic heterocycles. The van der Waals surface area contributed by atoms with Crippen LogP contribution in [0.3, 0.4) is 0 Å². The fourth-order valence-electron chi connectivity index (χ4n) is 5.39. The molecule has 6 aromatic rings. The van der Waals surface area contributed by atoms with Crippen LogP contribution in [0.5, 0.6) is 0 Å². The summed E-state index contributed by atoms with van der Waals surface area (Å²) < 4.78 is 1.85. The fraction of sp³-hybridized carbons (Fsp3) is 0.125. The highest BCUT2D eigenvalue weighted by Crippen LogP contribution is 2.35. The number of rotatable bonds is 7. The molecule has 4 aromatic heterocycles. The average Bonchev–Trinajstić information content (AvgIpc) is 3.71. The van der Waals surface area contributed by atoms with E-state index in [1.807, 2.05) is 82.8 Å². The van der Waals surface area contributed by atoms with Crippen molar-refractivity contribution in [1.82, 2.24) is 19.6 Å². The summed E-state index contributed by atoms with van der Waals surface area (Å²) in [6, 6.07) is 26.0. The van der Waals surface area contributed by atoms with E-state index in [2.05, 4.69) is 27.8 Å². The second-order valence-electron chi connectivity index (χ2n) is 10.2. The Labute approximate surface area is 240 Å². The predicted molar refractivity (Wildman–Crippen MR) is 163 cm³/mol. The number of carbonyl (C=O) groups excluding carboxylic acids is 1. The molecule has 1 unspecified atom stereocenters. The molecule has 4 N–H and O–H groups in total. The number of anilines is 3. The monoisotopic (exact) mass is 557 g/mol. The van der Waals surface area contributed by atoms with Gasteiger partial charge >= 0.3 is 0 Å². The van der Waals surface area contributed by atoms with Gasteiger partial charge in [0, 0.05) is 40.3 Å². The van der Waals surface area contributed by atoms with E-state index in [1.165, 1.54) is 11.1 Å². The van der Waals surface area contributed by atoms with E-state index in [4.69, 9.17) is 15.8 Å². The van der Waals surface area contributed by atoms with E-state index in [9.17, 15) is 4.79 Å². The number of hydrogen-bond donors (Lipinski definition) is 3. The first-order valence-electron chi connectivity index (χ1n) is 13.5. The molecule has 1 amide bonds. The SMILES string of the molecule is NC1Cc2ccc(Nc3nccc(-c4c(-c5cccc(NC(=O)Cc6cccs6)c5)nn5ccccc45)n3)cc2C1. The first-order valence-corrected chi connectivity index (χ1v) is 14.3. The topological polar surface area (TPSA) is 110 Å².